The van der Waals surface area contributed by atoms with Gasteiger partial charge in [0.15, 0.2) is 0 Å². The molecule has 112 valence electrons. The standard InChI is InChI=1S/C14H26N2O2.ClH/c1-4-14(5-2)6-8-16(10-14)13(17)12-11(3)18-9-7-15-12;/h11-12,15H,4-10H2,1-3H3;1H/t11-,12+;/m1./s1. The molecule has 2 rings (SSSR count). The van der Waals surface area contributed by atoms with E-state index >= 15 is 0 Å². The van der Waals surface area contributed by atoms with Crippen molar-refractivity contribution in [2.45, 2.75) is 52.2 Å². The Labute approximate surface area is 122 Å². The third-order valence-corrected chi connectivity index (χ3v) is 4.83. The van der Waals surface area contributed by atoms with Crippen LogP contribution in [0.2, 0.25) is 0 Å². The number of rotatable bonds is 3. The summed E-state index contributed by atoms with van der Waals surface area (Å²) in [4.78, 5) is 14.6. The Hall–Kier alpha value is -0.320. The van der Waals surface area contributed by atoms with Crippen molar-refractivity contribution in [3.63, 3.8) is 0 Å². The Morgan fingerprint density at radius 1 is 1.42 bits per heavy atom. The van der Waals surface area contributed by atoms with Gasteiger partial charge in [-0.15, -0.1) is 12.4 Å². The number of nitrogens with zero attached hydrogens (tertiary/aromatic N) is 1. The second kappa shape index (κ2) is 6.91. The van der Waals surface area contributed by atoms with Crippen LogP contribution in [-0.4, -0.2) is 49.2 Å². The third kappa shape index (κ3) is 3.41. The fourth-order valence-electron chi connectivity index (χ4n) is 3.16. The number of amides is 1. The van der Waals surface area contributed by atoms with Gasteiger partial charge in [0.25, 0.3) is 0 Å². The first kappa shape index (κ1) is 16.7. The van der Waals surface area contributed by atoms with Crippen molar-refractivity contribution in [1.82, 2.24) is 10.2 Å². The average Bonchev–Trinajstić information content (AvgIpc) is 2.84. The van der Waals surface area contributed by atoms with E-state index in [1.165, 1.54) is 0 Å². The zero-order valence-electron chi connectivity index (χ0n) is 12.3. The van der Waals surface area contributed by atoms with Crippen LogP contribution in [0.15, 0.2) is 0 Å². The van der Waals surface area contributed by atoms with Crippen LogP contribution in [0.5, 0.6) is 0 Å². The maximum atomic E-state index is 12.5. The molecule has 4 nitrogen and oxygen atoms in total. The van der Waals surface area contributed by atoms with E-state index in [0.717, 1.165) is 38.9 Å². The normalized spacial score (nSPS) is 29.9. The Morgan fingerprint density at radius 3 is 2.63 bits per heavy atom. The molecule has 0 aromatic heterocycles. The quantitative estimate of drug-likeness (QED) is 0.862. The van der Waals surface area contributed by atoms with E-state index in [2.05, 4.69) is 19.2 Å². The van der Waals surface area contributed by atoms with Gasteiger partial charge >= 0.3 is 0 Å². The highest BCUT2D eigenvalue weighted by Crippen LogP contribution is 2.37. The van der Waals surface area contributed by atoms with Gasteiger partial charge in [-0.2, -0.15) is 0 Å². The smallest absolute Gasteiger partial charge is 0.242 e. The Bertz CT molecular complexity index is 308. The molecule has 1 amide bonds. The molecule has 19 heavy (non-hydrogen) atoms. The van der Waals surface area contributed by atoms with Gasteiger partial charge in [0, 0.05) is 19.6 Å². The molecular formula is C14H27ClN2O2. The van der Waals surface area contributed by atoms with Crippen molar-refractivity contribution in [2.75, 3.05) is 26.2 Å². The first-order chi connectivity index (χ1) is 8.62. The molecule has 2 aliphatic heterocycles. The summed E-state index contributed by atoms with van der Waals surface area (Å²) in [7, 11) is 0. The van der Waals surface area contributed by atoms with E-state index in [9.17, 15) is 4.79 Å². The molecular weight excluding hydrogens is 264 g/mol. The second-order valence-electron chi connectivity index (χ2n) is 5.72. The predicted molar refractivity (Wildman–Crippen MR) is 78.7 cm³/mol. The van der Waals surface area contributed by atoms with Crippen molar-refractivity contribution in [3.8, 4) is 0 Å². The lowest BCUT2D eigenvalue weighted by Crippen LogP contribution is -2.56. The van der Waals surface area contributed by atoms with E-state index in [0.29, 0.717) is 12.0 Å². The molecule has 0 aromatic carbocycles. The molecule has 1 N–H and O–H groups in total. The lowest BCUT2D eigenvalue weighted by Gasteiger charge is -2.33. The van der Waals surface area contributed by atoms with Crippen LogP contribution < -0.4 is 5.32 Å². The molecule has 0 unspecified atom stereocenters. The summed E-state index contributed by atoms with van der Waals surface area (Å²) >= 11 is 0. The third-order valence-electron chi connectivity index (χ3n) is 4.83. The molecule has 2 saturated heterocycles. The van der Waals surface area contributed by atoms with Gasteiger partial charge < -0.3 is 15.0 Å². The van der Waals surface area contributed by atoms with E-state index in [1.807, 2.05) is 11.8 Å². The zero-order valence-corrected chi connectivity index (χ0v) is 13.1. The van der Waals surface area contributed by atoms with Gasteiger partial charge in [-0.25, -0.2) is 0 Å². The van der Waals surface area contributed by atoms with E-state index < -0.39 is 0 Å². The molecule has 2 atom stereocenters. The highest BCUT2D eigenvalue weighted by Gasteiger charge is 2.40. The first-order valence-electron chi connectivity index (χ1n) is 7.25. The summed E-state index contributed by atoms with van der Waals surface area (Å²) < 4.78 is 5.57. The molecule has 0 spiro atoms. The van der Waals surface area contributed by atoms with Gasteiger partial charge in [-0.05, 0) is 31.6 Å². The molecule has 5 heteroatoms. The number of likely N-dealkylation sites (tertiary alicyclic amines) is 1. The van der Waals surface area contributed by atoms with Crippen LogP contribution in [0.25, 0.3) is 0 Å². The van der Waals surface area contributed by atoms with Crippen molar-refractivity contribution in [1.29, 1.82) is 0 Å². The van der Waals surface area contributed by atoms with Crippen LogP contribution in [0.4, 0.5) is 0 Å². The Kier molecular flexibility index (Phi) is 6.09. The topological polar surface area (TPSA) is 41.6 Å². The molecule has 0 saturated carbocycles. The van der Waals surface area contributed by atoms with Gasteiger partial charge in [0.05, 0.1) is 12.7 Å². The van der Waals surface area contributed by atoms with Gasteiger partial charge in [-0.3, -0.25) is 4.79 Å². The number of hydrogen-bond acceptors (Lipinski definition) is 3. The molecule has 0 bridgehead atoms. The van der Waals surface area contributed by atoms with Gasteiger partial charge in [0.2, 0.25) is 5.91 Å². The fourth-order valence-corrected chi connectivity index (χ4v) is 3.16. The summed E-state index contributed by atoms with van der Waals surface area (Å²) in [6, 6.07) is -0.150. The van der Waals surface area contributed by atoms with Crippen molar-refractivity contribution in [2.24, 2.45) is 5.41 Å². The SMILES string of the molecule is CCC1(CC)CCN(C(=O)[C@H]2NCCO[C@@H]2C)C1.Cl. The molecule has 2 heterocycles. The van der Waals surface area contributed by atoms with Gasteiger partial charge in [0.1, 0.15) is 6.04 Å². The number of carbonyl (C=O) groups is 1. The lowest BCUT2D eigenvalue weighted by atomic mass is 9.82. The number of carbonyl (C=O) groups excluding carboxylic acids is 1. The average molecular weight is 291 g/mol. The summed E-state index contributed by atoms with van der Waals surface area (Å²) in [5.74, 6) is 0.228. The van der Waals surface area contributed by atoms with E-state index in [1.54, 1.807) is 0 Å². The van der Waals surface area contributed by atoms with Crippen LogP contribution in [0.3, 0.4) is 0 Å². The molecule has 0 aromatic rings. The lowest BCUT2D eigenvalue weighted by molar-refractivity contribution is -0.138. The number of morpholine rings is 1. The minimum atomic E-state index is -0.150. The summed E-state index contributed by atoms with van der Waals surface area (Å²) in [5.41, 5.74) is 0.356. The summed E-state index contributed by atoms with van der Waals surface area (Å²) in [6.07, 6.45) is 3.47. The van der Waals surface area contributed by atoms with E-state index in [-0.39, 0.29) is 30.5 Å². The van der Waals surface area contributed by atoms with Crippen LogP contribution >= 0.6 is 12.4 Å². The number of hydrogen-bond donors (Lipinski definition) is 1. The monoisotopic (exact) mass is 290 g/mol. The molecule has 0 radical (unpaired) electrons. The maximum absolute atomic E-state index is 12.5. The molecule has 0 aliphatic carbocycles. The first-order valence-corrected chi connectivity index (χ1v) is 7.25. The van der Waals surface area contributed by atoms with E-state index in [4.69, 9.17) is 4.74 Å². The summed E-state index contributed by atoms with van der Waals surface area (Å²) in [5, 5.41) is 3.29. The van der Waals surface area contributed by atoms with Crippen LogP contribution in [0, 0.1) is 5.41 Å². The highest BCUT2D eigenvalue weighted by atomic mass is 35.5. The van der Waals surface area contributed by atoms with Crippen molar-refractivity contribution >= 4 is 18.3 Å². The Morgan fingerprint density at radius 2 is 2.11 bits per heavy atom. The number of nitrogens with one attached hydrogen (secondary N) is 1. The summed E-state index contributed by atoms with van der Waals surface area (Å²) in [6.45, 7) is 9.77. The number of ether oxygens (including phenoxy) is 1. The van der Waals surface area contributed by atoms with Crippen LogP contribution in [0.1, 0.15) is 40.0 Å². The number of halogens is 1. The second-order valence-corrected chi connectivity index (χ2v) is 5.72. The van der Waals surface area contributed by atoms with Crippen LogP contribution in [-0.2, 0) is 9.53 Å². The Balaban J connectivity index is 0.00000180. The largest absolute Gasteiger partial charge is 0.375 e. The van der Waals surface area contributed by atoms with Gasteiger partial charge in [-0.1, -0.05) is 13.8 Å². The fraction of sp³-hybridized carbons (Fsp3) is 0.929. The zero-order chi connectivity index (χ0) is 13.2. The van der Waals surface area contributed by atoms with Crippen molar-refractivity contribution < 1.29 is 9.53 Å². The maximum Gasteiger partial charge on any atom is 0.242 e. The van der Waals surface area contributed by atoms with Crippen molar-refractivity contribution in [3.05, 3.63) is 0 Å². The molecule has 2 aliphatic rings. The predicted octanol–water partition coefficient (Wildman–Crippen LogP) is 1.82. The minimum absolute atomic E-state index is 0. The highest BCUT2D eigenvalue weighted by molar-refractivity contribution is 5.85. The minimum Gasteiger partial charge on any atom is -0.375 e. The molecule has 2 fully saturated rings.